The maximum atomic E-state index is 14.1. The Balaban J connectivity index is 1.93. The van der Waals surface area contributed by atoms with Crippen molar-refractivity contribution in [1.29, 1.82) is 0 Å². The molecule has 1 aliphatic carbocycles. The van der Waals surface area contributed by atoms with Crippen molar-refractivity contribution >= 4 is 43.2 Å². The van der Waals surface area contributed by atoms with Gasteiger partial charge in [-0.1, -0.05) is 11.6 Å². The number of hydrogen-bond donors (Lipinski definition) is 2. The van der Waals surface area contributed by atoms with Gasteiger partial charge in [0.2, 0.25) is 10.0 Å². The van der Waals surface area contributed by atoms with Gasteiger partial charge in [0.05, 0.1) is 20.8 Å². The van der Waals surface area contributed by atoms with Crippen molar-refractivity contribution < 1.29 is 17.9 Å². The summed E-state index contributed by atoms with van der Waals surface area (Å²) in [5, 5.41) is 10.2. The molecule has 0 atom stereocenters. The van der Waals surface area contributed by atoms with Crippen LogP contribution >= 0.6 is 27.5 Å². The van der Waals surface area contributed by atoms with Crippen molar-refractivity contribution in [2.45, 2.75) is 23.3 Å². The van der Waals surface area contributed by atoms with Crippen LogP contribution in [0.15, 0.2) is 15.4 Å². The first-order valence-electron chi connectivity index (χ1n) is 6.32. The molecule has 0 bridgehead atoms. The smallest absolute Gasteiger partial charge is 0.246 e. The van der Waals surface area contributed by atoms with Gasteiger partial charge < -0.3 is 10.8 Å². The third-order valence-corrected chi connectivity index (χ3v) is 7.18. The molecule has 21 heavy (non-hydrogen) atoms. The first-order valence-corrected chi connectivity index (χ1v) is 8.93. The van der Waals surface area contributed by atoms with Crippen LogP contribution in [0.5, 0.6) is 0 Å². The lowest BCUT2D eigenvalue weighted by molar-refractivity contribution is -0.0765. The molecular formula is C12H13BrClFN2O3S. The number of nitrogens with two attached hydrogens (primary N) is 1. The number of nitrogens with zero attached hydrogens (tertiary/aromatic N) is 1. The highest BCUT2D eigenvalue weighted by molar-refractivity contribution is 9.10. The maximum absolute atomic E-state index is 14.1. The average Bonchev–Trinajstić information content (AvgIpc) is 3.21. The van der Waals surface area contributed by atoms with E-state index in [0.29, 0.717) is 0 Å². The summed E-state index contributed by atoms with van der Waals surface area (Å²) in [6.45, 7) is -0.0416. The van der Waals surface area contributed by atoms with E-state index in [2.05, 4.69) is 15.9 Å². The number of hydrogen-bond acceptors (Lipinski definition) is 4. The van der Waals surface area contributed by atoms with E-state index in [1.807, 2.05) is 0 Å². The lowest BCUT2D eigenvalue weighted by atomic mass is 9.91. The summed E-state index contributed by atoms with van der Waals surface area (Å²) in [6, 6.07) is 1.03. The Hall–Kier alpha value is -0.410. The normalized spacial score (nSPS) is 22.1. The first kappa shape index (κ1) is 15.5. The third kappa shape index (κ3) is 2.37. The minimum atomic E-state index is -4.06. The fourth-order valence-corrected chi connectivity index (χ4v) is 4.77. The van der Waals surface area contributed by atoms with E-state index in [-0.39, 0.29) is 34.2 Å². The highest BCUT2D eigenvalue weighted by atomic mass is 79.9. The SMILES string of the molecule is Nc1c(F)c(S(=O)(=O)N2CC(O)(C3CC3)C2)cc(Cl)c1Br. The molecule has 1 saturated carbocycles. The Morgan fingerprint density at radius 2 is 2.05 bits per heavy atom. The Labute approximate surface area is 135 Å². The van der Waals surface area contributed by atoms with Gasteiger partial charge in [-0.2, -0.15) is 4.31 Å². The molecule has 0 spiro atoms. The maximum Gasteiger partial charge on any atom is 0.246 e. The molecule has 2 aliphatic rings. The summed E-state index contributed by atoms with van der Waals surface area (Å²) < 4.78 is 40.2. The highest BCUT2D eigenvalue weighted by Gasteiger charge is 2.55. The van der Waals surface area contributed by atoms with Gasteiger partial charge in [0, 0.05) is 13.1 Å². The summed E-state index contributed by atoms with van der Waals surface area (Å²) in [7, 11) is -4.06. The van der Waals surface area contributed by atoms with Crippen molar-refractivity contribution in [3.63, 3.8) is 0 Å². The van der Waals surface area contributed by atoms with Gasteiger partial charge in [-0.25, -0.2) is 12.8 Å². The molecule has 116 valence electrons. The summed E-state index contributed by atoms with van der Waals surface area (Å²) in [5.74, 6) is -0.888. The van der Waals surface area contributed by atoms with Gasteiger partial charge in [0.15, 0.2) is 5.82 Å². The molecule has 5 nitrogen and oxygen atoms in total. The number of β-amino-alcohol motifs (C(OH)–C–C–N with tert-alkyl or cyclic N) is 1. The standard InChI is InChI=1S/C12H13BrClFN2O3S/c13-9-7(14)3-8(10(15)11(9)16)21(19,20)17-4-12(18,5-17)6-1-2-6/h3,6,18H,1-2,4-5,16H2. The van der Waals surface area contributed by atoms with Crippen LogP contribution in [0.25, 0.3) is 0 Å². The van der Waals surface area contributed by atoms with Crippen LogP contribution in [0.4, 0.5) is 10.1 Å². The molecule has 1 aromatic rings. The Bertz CT molecular complexity index is 718. The van der Waals surface area contributed by atoms with Gasteiger partial charge in [-0.05, 0) is 40.8 Å². The number of anilines is 1. The Morgan fingerprint density at radius 3 is 2.57 bits per heavy atom. The average molecular weight is 400 g/mol. The molecule has 0 unspecified atom stereocenters. The summed E-state index contributed by atoms with van der Waals surface area (Å²) in [5.41, 5.74) is 4.19. The topological polar surface area (TPSA) is 83.6 Å². The second-order valence-corrected chi connectivity index (χ2v) is 8.66. The zero-order chi connectivity index (χ0) is 15.6. The van der Waals surface area contributed by atoms with Crippen molar-refractivity contribution in [2.24, 2.45) is 5.92 Å². The quantitative estimate of drug-likeness (QED) is 0.601. The van der Waals surface area contributed by atoms with Gasteiger partial charge in [-0.15, -0.1) is 0 Å². The molecule has 1 saturated heterocycles. The van der Waals surface area contributed by atoms with E-state index >= 15 is 0 Å². The number of aliphatic hydroxyl groups is 1. The van der Waals surface area contributed by atoms with E-state index in [1.165, 1.54) is 0 Å². The molecule has 1 heterocycles. The lowest BCUT2D eigenvalue weighted by Gasteiger charge is -2.45. The number of benzene rings is 1. The molecule has 0 amide bonds. The predicted molar refractivity (Wildman–Crippen MR) is 80.0 cm³/mol. The van der Waals surface area contributed by atoms with E-state index in [0.717, 1.165) is 23.2 Å². The van der Waals surface area contributed by atoms with E-state index in [9.17, 15) is 17.9 Å². The van der Waals surface area contributed by atoms with Crippen LogP contribution in [0, 0.1) is 11.7 Å². The van der Waals surface area contributed by atoms with Crippen molar-refractivity contribution in [3.8, 4) is 0 Å². The molecule has 1 aliphatic heterocycles. The van der Waals surface area contributed by atoms with Crippen molar-refractivity contribution in [2.75, 3.05) is 18.8 Å². The van der Waals surface area contributed by atoms with Crippen molar-refractivity contribution in [1.82, 2.24) is 4.31 Å². The fraction of sp³-hybridized carbons (Fsp3) is 0.500. The van der Waals surface area contributed by atoms with Crippen LogP contribution in [0.1, 0.15) is 12.8 Å². The van der Waals surface area contributed by atoms with Crippen LogP contribution < -0.4 is 5.73 Å². The van der Waals surface area contributed by atoms with Gasteiger partial charge in [-0.3, -0.25) is 0 Å². The molecular weight excluding hydrogens is 387 g/mol. The van der Waals surface area contributed by atoms with Gasteiger partial charge >= 0.3 is 0 Å². The number of sulfonamides is 1. The van der Waals surface area contributed by atoms with Crippen LogP contribution in [-0.4, -0.2) is 36.5 Å². The van der Waals surface area contributed by atoms with Crippen LogP contribution in [0.2, 0.25) is 5.02 Å². The van der Waals surface area contributed by atoms with Gasteiger partial charge in [0.1, 0.15) is 4.90 Å². The second-order valence-electron chi connectivity index (χ2n) is 5.55. The van der Waals surface area contributed by atoms with E-state index in [4.69, 9.17) is 17.3 Å². The molecule has 0 aromatic heterocycles. The Kier molecular flexibility index (Phi) is 3.53. The number of rotatable bonds is 3. The molecule has 9 heteroatoms. The number of halogens is 3. The van der Waals surface area contributed by atoms with Crippen LogP contribution in [-0.2, 0) is 10.0 Å². The monoisotopic (exact) mass is 398 g/mol. The van der Waals surface area contributed by atoms with Gasteiger partial charge in [0.25, 0.3) is 0 Å². The number of nitrogen functional groups attached to an aromatic ring is 1. The third-order valence-electron chi connectivity index (χ3n) is 4.01. The lowest BCUT2D eigenvalue weighted by Crippen LogP contribution is -2.64. The zero-order valence-corrected chi connectivity index (χ0v) is 14.0. The molecule has 0 radical (unpaired) electrons. The Morgan fingerprint density at radius 1 is 1.48 bits per heavy atom. The largest absolute Gasteiger partial charge is 0.395 e. The zero-order valence-electron chi connectivity index (χ0n) is 10.8. The molecule has 3 rings (SSSR count). The van der Waals surface area contributed by atoms with Crippen molar-refractivity contribution in [3.05, 3.63) is 21.4 Å². The van der Waals surface area contributed by atoms with Crippen LogP contribution in [0.3, 0.4) is 0 Å². The minimum absolute atomic E-state index is 0.0189. The van der Waals surface area contributed by atoms with E-state index < -0.39 is 26.3 Å². The highest BCUT2D eigenvalue weighted by Crippen LogP contribution is 2.46. The summed E-state index contributed by atoms with van der Waals surface area (Å²) in [4.78, 5) is -0.564. The molecule has 3 N–H and O–H groups in total. The fourth-order valence-electron chi connectivity index (χ4n) is 2.54. The van der Waals surface area contributed by atoms with E-state index in [1.54, 1.807) is 0 Å². The summed E-state index contributed by atoms with van der Waals surface area (Å²) >= 11 is 8.85. The molecule has 2 fully saturated rings. The second kappa shape index (κ2) is 4.79. The predicted octanol–water partition coefficient (Wildman–Crippen LogP) is 1.97. The summed E-state index contributed by atoms with van der Waals surface area (Å²) in [6.07, 6.45) is 1.80. The minimum Gasteiger partial charge on any atom is -0.395 e. The molecule has 1 aromatic carbocycles. The first-order chi connectivity index (χ1) is 9.67.